The Bertz CT molecular complexity index is 1010. The number of carbonyl (C=O) groups is 1. The average Bonchev–Trinajstić information content (AvgIpc) is 2.73. The molecule has 0 aliphatic carbocycles. The largest absolute Gasteiger partial charge is 0.352 e. The molecule has 1 saturated heterocycles. The van der Waals surface area contributed by atoms with Crippen molar-refractivity contribution in [3.8, 4) is 0 Å². The van der Waals surface area contributed by atoms with E-state index < -0.39 is 15.4 Å². The van der Waals surface area contributed by atoms with E-state index in [1.54, 1.807) is 12.1 Å². The van der Waals surface area contributed by atoms with Gasteiger partial charge in [-0.1, -0.05) is 57.2 Å². The van der Waals surface area contributed by atoms with Gasteiger partial charge in [0.2, 0.25) is 15.9 Å². The van der Waals surface area contributed by atoms with Crippen molar-refractivity contribution < 1.29 is 13.2 Å². The number of nitrogens with zero attached hydrogens (tertiary/aromatic N) is 1. The smallest absolute Gasteiger partial charge is 0.243 e. The second kappa shape index (κ2) is 9.53. The molecule has 0 bridgehead atoms. The number of hydrogen-bond donors (Lipinski definition) is 1. The maximum Gasteiger partial charge on any atom is 0.243 e. The predicted molar refractivity (Wildman–Crippen MR) is 124 cm³/mol. The molecule has 0 aromatic heterocycles. The summed E-state index contributed by atoms with van der Waals surface area (Å²) in [4.78, 5) is 13.2. The number of carbonyl (C=O) groups excluding carboxylic acids is 1. The van der Waals surface area contributed by atoms with Gasteiger partial charge in [-0.25, -0.2) is 8.42 Å². The highest BCUT2D eigenvalue weighted by molar-refractivity contribution is 7.89. The summed E-state index contributed by atoms with van der Waals surface area (Å²) < 4.78 is 27.7. The first-order chi connectivity index (χ1) is 14.6. The summed E-state index contributed by atoms with van der Waals surface area (Å²) in [6.45, 7) is 9.45. The molecular weight excluding hydrogens is 408 g/mol. The zero-order valence-electron chi connectivity index (χ0n) is 19.0. The minimum Gasteiger partial charge on any atom is -0.352 e. The van der Waals surface area contributed by atoms with E-state index in [1.165, 1.54) is 4.31 Å². The molecule has 1 amide bonds. The highest BCUT2D eigenvalue weighted by Gasteiger charge is 2.40. The Labute approximate surface area is 186 Å². The van der Waals surface area contributed by atoms with E-state index in [0.717, 1.165) is 23.1 Å². The maximum absolute atomic E-state index is 13.1. The van der Waals surface area contributed by atoms with Crippen LogP contribution in [0.15, 0.2) is 53.4 Å². The van der Waals surface area contributed by atoms with Gasteiger partial charge in [0.15, 0.2) is 0 Å². The fourth-order valence-electron chi connectivity index (χ4n) is 4.06. The zero-order valence-corrected chi connectivity index (χ0v) is 19.8. The van der Waals surface area contributed by atoms with E-state index in [9.17, 15) is 13.2 Å². The molecule has 1 N–H and O–H groups in total. The number of aryl methyl sites for hydroxylation is 1. The Hall–Kier alpha value is -2.18. The standard InChI is InChI=1S/C25H34N2O3S/c1-19(2)17-21-9-11-23(12-10-21)31(29,30)27-15-13-25(4,14-16-27)24(28)26-18-22-8-6-5-7-20(22)3/h5-12,19H,13-18H2,1-4H3,(H,26,28). The lowest BCUT2D eigenvalue weighted by molar-refractivity contribution is -0.132. The minimum atomic E-state index is -3.54. The van der Waals surface area contributed by atoms with Gasteiger partial charge in [-0.05, 0) is 60.9 Å². The highest BCUT2D eigenvalue weighted by Crippen LogP contribution is 2.33. The molecule has 1 aliphatic rings. The van der Waals surface area contributed by atoms with Gasteiger partial charge < -0.3 is 5.32 Å². The molecule has 3 rings (SSSR count). The number of amides is 1. The monoisotopic (exact) mass is 442 g/mol. The van der Waals surface area contributed by atoms with Gasteiger partial charge in [-0.15, -0.1) is 0 Å². The van der Waals surface area contributed by atoms with Crippen molar-refractivity contribution in [3.05, 3.63) is 65.2 Å². The van der Waals surface area contributed by atoms with Gasteiger partial charge >= 0.3 is 0 Å². The van der Waals surface area contributed by atoms with E-state index >= 15 is 0 Å². The van der Waals surface area contributed by atoms with E-state index in [0.29, 0.717) is 43.3 Å². The van der Waals surface area contributed by atoms with Crippen LogP contribution in [0.25, 0.3) is 0 Å². The van der Waals surface area contributed by atoms with Gasteiger partial charge in [0.1, 0.15) is 0 Å². The average molecular weight is 443 g/mol. The molecule has 1 heterocycles. The normalized spacial score (nSPS) is 16.9. The van der Waals surface area contributed by atoms with Gasteiger partial charge in [0.25, 0.3) is 0 Å². The van der Waals surface area contributed by atoms with E-state index in [1.807, 2.05) is 50.2 Å². The molecule has 1 aliphatic heterocycles. The first kappa shape index (κ1) is 23.5. The molecule has 0 atom stereocenters. The van der Waals surface area contributed by atoms with Crippen molar-refractivity contribution in [2.45, 2.75) is 58.4 Å². The van der Waals surface area contributed by atoms with Crippen molar-refractivity contribution in [2.75, 3.05) is 13.1 Å². The fraction of sp³-hybridized carbons (Fsp3) is 0.480. The number of nitrogens with one attached hydrogen (secondary N) is 1. The van der Waals surface area contributed by atoms with Gasteiger partial charge in [-0.3, -0.25) is 4.79 Å². The summed E-state index contributed by atoms with van der Waals surface area (Å²) in [7, 11) is -3.54. The summed E-state index contributed by atoms with van der Waals surface area (Å²) >= 11 is 0. The van der Waals surface area contributed by atoms with Crippen molar-refractivity contribution >= 4 is 15.9 Å². The van der Waals surface area contributed by atoms with Gasteiger partial charge in [-0.2, -0.15) is 4.31 Å². The fourth-order valence-corrected chi connectivity index (χ4v) is 5.50. The summed E-state index contributed by atoms with van der Waals surface area (Å²) in [5.74, 6) is 0.519. The van der Waals surface area contributed by atoms with E-state index in [-0.39, 0.29) is 5.91 Å². The molecule has 6 heteroatoms. The van der Waals surface area contributed by atoms with Crippen LogP contribution in [0.3, 0.4) is 0 Å². The van der Waals surface area contributed by atoms with Crippen LogP contribution >= 0.6 is 0 Å². The zero-order chi connectivity index (χ0) is 22.6. The summed E-state index contributed by atoms with van der Waals surface area (Å²) in [5, 5.41) is 3.05. The number of benzene rings is 2. The van der Waals surface area contributed by atoms with Crippen molar-refractivity contribution in [1.29, 1.82) is 0 Å². The molecule has 2 aromatic rings. The van der Waals surface area contributed by atoms with Crippen molar-refractivity contribution in [1.82, 2.24) is 9.62 Å². The van der Waals surface area contributed by atoms with Crippen LogP contribution in [0.4, 0.5) is 0 Å². The number of sulfonamides is 1. The molecule has 5 nitrogen and oxygen atoms in total. The van der Waals surface area contributed by atoms with E-state index in [4.69, 9.17) is 0 Å². The molecule has 0 saturated carbocycles. The Morgan fingerprint density at radius 2 is 1.68 bits per heavy atom. The third-order valence-electron chi connectivity index (χ3n) is 6.28. The van der Waals surface area contributed by atoms with Gasteiger partial charge in [0, 0.05) is 25.0 Å². The molecule has 0 spiro atoms. The third kappa shape index (κ3) is 5.55. The summed E-state index contributed by atoms with van der Waals surface area (Å²) in [6, 6.07) is 15.2. The van der Waals surface area contributed by atoms with Crippen LogP contribution < -0.4 is 5.32 Å². The van der Waals surface area contributed by atoms with Crippen LogP contribution in [0, 0.1) is 18.3 Å². The third-order valence-corrected chi connectivity index (χ3v) is 8.19. The lowest BCUT2D eigenvalue weighted by Crippen LogP contribution is -2.48. The Kier molecular flexibility index (Phi) is 7.22. The molecular formula is C25H34N2O3S. The van der Waals surface area contributed by atoms with Crippen LogP contribution in [0.5, 0.6) is 0 Å². The molecule has 1 fully saturated rings. The number of hydrogen-bond acceptors (Lipinski definition) is 3. The molecule has 0 radical (unpaired) electrons. The molecule has 31 heavy (non-hydrogen) atoms. The first-order valence-electron chi connectivity index (χ1n) is 11.0. The Balaban J connectivity index is 1.60. The van der Waals surface area contributed by atoms with Crippen LogP contribution in [0.2, 0.25) is 0 Å². The Morgan fingerprint density at radius 1 is 1.06 bits per heavy atom. The number of rotatable bonds is 7. The summed E-state index contributed by atoms with van der Waals surface area (Å²) in [5.41, 5.74) is 2.83. The van der Waals surface area contributed by atoms with Crippen LogP contribution in [-0.4, -0.2) is 31.7 Å². The Morgan fingerprint density at radius 3 is 2.26 bits per heavy atom. The van der Waals surface area contributed by atoms with Crippen molar-refractivity contribution in [3.63, 3.8) is 0 Å². The highest BCUT2D eigenvalue weighted by atomic mass is 32.2. The van der Waals surface area contributed by atoms with E-state index in [2.05, 4.69) is 19.2 Å². The SMILES string of the molecule is Cc1ccccc1CNC(=O)C1(C)CCN(S(=O)(=O)c2ccc(CC(C)C)cc2)CC1. The topological polar surface area (TPSA) is 66.5 Å². The van der Waals surface area contributed by atoms with Crippen molar-refractivity contribution in [2.24, 2.45) is 11.3 Å². The first-order valence-corrected chi connectivity index (χ1v) is 12.5. The second-order valence-electron chi connectivity index (χ2n) is 9.32. The molecule has 2 aromatic carbocycles. The van der Waals surface area contributed by atoms with Gasteiger partial charge in [0.05, 0.1) is 4.90 Å². The molecule has 0 unspecified atom stereocenters. The quantitative estimate of drug-likeness (QED) is 0.695. The minimum absolute atomic E-state index is 0.00848. The summed E-state index contributed by atoms with van der Waals surface area (Å²) in [6.07, 6.45) is 1.95. The number of piperidine rings is 1. The second-order valence-corrected chi connectivity index (χ2v) is 11.3. The maximum atomic E-state index is 13.1. The molecule has 168 valence electrons. The van der Waals surface area contributed by atoms with Crippen LogP contribution in [0.1, 0.15) is 50.3 Å². The predicted octanol–water partition coefficient (Wildman–Crippen LogP) is 4.30. The lowest BCUT2D eigenvalue weighted by Gasteiger charge is -2.37. The van der Waals surface area contributed by atoms with Crippen LogP contribution in [-0.2, 0) is 27.8 Å². The lowest BCUT2D eigenvalue weighted by atomic mass is 9.80.